The summed E-state index contributed by atoms with van der Waals surface area (Å²) < 4.78 is 43.3. The highest BCUT2D eigenvalue weighted by molar-refractivity contribution is 14.1. The summed E-state index contributed by atoms with van der Waals surface area (Å²) in [4.78, 5) is 26.1. The smallest absolute Gasteiger partial charge is 0.339 e. The SMILES string of the molecule is COc1cc(C2C3=C(CCCC3=O)OC3=C2C(=O)CCC3)cc(I)c1OS(=O)(=O)c1ccccc1. The van der Waals surface area contributed by atoms with Gasteiger partial charge in [0.25, 0.3) is 0 Å². The Morgan fingerprint density at radius 2 is 1.51 bits per heavy atom. The van der Waals surface area contributed by atoms with E-state index in [0.29, 0.717) is 70.3 Å². The molecule has 0 bridgehead atoms. The van der Waals surface area contributed by atoms with Crippen LogP contribution in [0.2, 0.25) is 0 Å². The highest BCUT2D eigenvalue weighted by atomic mass is 127. The zero-order valence-corrected chi connectivity index (χ0v) is 22.0. The highest BCUT2D eigenvalue weighted by Crippen LogP contribution is 2.49. The Labute approximate surface area is 217 Å². The lowest BCUT2D eigenvalue weighted by atomic mass is 9.73. The van der Waals surface area contributed by atoms with Gasteiger partial charge in [-0.3, -0.25) is 9.59 Å². The lowest BCUT2D eigenvalue weighted by molar-refractivity contribution is -0.117. The Balaban J connectivity index is 1.62. The number of carbonyl (C=O) groups excluding carboxylic acids is 2. The lowest BCUT2D eigenvalue weighted by Crippen LogP contribution is -2.30. The van der Waals surface area contributed by atoms with Crippen molar-refractivity contribution in [3.63, 3.8) is 0 Å². The number of halogens is 1. The number of allylic oxidation sites excluding steroid dienone is 4. The molecule has 7 nitrogen and oxygen atoms in total. The van der Waals surface area contributed by atoms with Crippen molar-refractivity contribution in [3.8, 4) is 11.5 Å². The predicted octanol–water partition coefficient (Wildman–Crippen LogP) is 5.20. The third-order valence-electron chi connectivity index (χ3n) is 6.45. The van der Waals surface area contributed by atoms with E-state index < -0.39 is 16.0 Å². The number of ether oxygens (including phenoxy) is 2. The molecule has 0 spiro atoms. The molecule has 0 amide bonds. The second-order valence-corrected chi connectivity index (χ2v) is 11.4. The van der Waals surface area contributed by atoms with Crippen molar-refractivity contribution in [2.24, 2.45) is 0 Å². The van der Waals surface area contributed by atoms with Crippen LogP contribution in [0.25, 0.3) is 0 Å². The van der Waals surface area contributed by atoms with Crippen molar-refractivity contribution in [3.05, 3.63) is 74.3 Å². The van der Waals surface area contributed by atoms with Crippen molar-refractivity contribution >= 4 is 44.3 Å². The molecule has 35 heavy (non-hydrogen) atoms. The Kier molecular flexibility index (Phi) is 6.47. The molecule has 0 atom stereocenters. The standard InChI is InChI=1S/C26H23IO7S/c1-32-22-14-15(13-17(27)26(22)34-35(30,31)16-7-3-2-4-8-16)23-24-18(28)9-5-11-20(24)33-21-12-6-10-19(29)25(21)23/h2-4,7-8,13-14,23H,5-6,9-12H2,1H3. The average molecular weight is 606 g/mol. The van der Waals surface area contributed by atoms with Crippen LogP contribution in [0.4, 0.5) is 0 Å². The number of ketones is 2. The first-order chi connectivity index (χ1) is 16.8. The highest BCUT2D eigenvalue weighted by Gasteiger charge is 2.42. The maximum atomic E-state index is 13.0. The van der Waals surface area contributed by atoms with Crippen LogP contribution in [-0.2, 0) is 24.4 Å². The third-order valence-corrected chi connectivity index (χ3v) is 8.49. The quantitative estimate of drug-likeness (QED) is 0.341. The van der Waals surface area contributed by atoms with Gasteiger partial charge in [-0.25, -0.2) is 0 Å². The van der Waals surface area contributed by atoms with Crippen LogP contribution in [0, 0.1) is 3.57 Å². The van der Waals surface area contributed by atoms with Gasteiger partial charge in [-0.15, -0.1) is 0 Å². The summed E-state index contributed by atoms with van der Waals surface area (Å²) in [7, 11) is -2.67. The second kappa shape index (κ2) is 9.42. The predicted molar refractivity (Wildman–Crippen MR) is 136 cm³/mol. The fourth-order valence-corrected chi connectivity index (χ4v) is 6.75. The molecule has 1 aliphatic heterocycles. The van der Waals surface area contributed by atoms with E-state index in [-0.39, 0.29) is 28.0 Å². The van der Waals surface area contributed by atoms with Crippen LogP contribution in [0.3, 0.4) is 0 Å². The largest absolute Gasteiger partial charge is 0.493 e. The lowest BCUT2D eigenvalue weighted by Gasteiger charge is -2.36. The first-order valence-electron chi connectivity index (χ1n) is 11.4. The van der Waals surface area contributed by atoms with Crippen LogP contribution < -0.4 is 8.92 Å². The number of hydrogen-bond acceptors (Lipinski definition) is 7. The fraction of sp³-hybridized carbons (Fsp3) is 0.308. The van der Waals surface area contributed by atoms with E-state index >= 15 is 0 Å². The van der Waals surface area contributed by atoms with Gasteiger partial charge >= 0.3 is 10.1 Å². The van der Waals surface area contributed by atoms with E-state index in [0.717, 1.165) is 0 Å². The van der Waals surface area contributed by atoms with Crippen LogP contribution >= 0.6 is 22.6 Å². The van der Waals surface area contributed by atoms with Gasteiger partial charge in [0, 0.05) is 42.7 Å². The molecule has 5 rings (SSSR count). The zero-order valence-electron chi connectivity index (χ0n) is 19.0. The molecule has 2 aromatic carbocycles. The number of rotatable bonds is 5. The van der Waals surface area contributed by atoms with E-state index in [9.17, 15) is 18.0 Å². The fourth-order valence-electron chi connectivity index (χ4n) is 4.88. The van der Waals surface area contributed by atoms with Crippen molar-refractivity contribution in [2.45, 2.75) is 49.3 Å². The third kappa shape index (κ3) is 4.40. The molecule has 0 aromatic heterocycles. The van der Waals surface area contributed by atoms with Gasteiger partial charge in [-0.05, 0) is 65.3 Å². The minimum Gasteiger partial charge on any atom is -0.493 e. The Morgan fingerprint density at radius 1 is 0.914 bits per heavy atom. The number of Topliss-reactive ketones (excluding diaryl/α,β-unsaturated/α-hetero) is 2. The summed E-state index contributed by atoms with van der Waals surface area (Å²) in [5.41, 5.74) is 1.71. The van der Waals surface area contributed by atoms with Gasteiger partial charge < -0.3 is 13.7 Å². The molecule has 3 aliphatic rings. The van der Waals surface area contributed by atoms with Gasteiger partial charge in [0.05, 0.1) is 10.7 Å². The first kappa shape index (κ1) is 24.1. The minimum absolute atomic E-state index is 0.0246. The summed E-state index contributed by atoms with van der Waals surface area (Å²) in [6.45, 7) is 0. The van der Waals surface area contributed by atoms with E-state index in [1.165, 1.54) is 19.2 Å². The maximum Gasteiger partial charge on any atom is 0.339 e. The van der Waals surface area contributed by atoms with Crippen LogP contribution in [0.1, 0.15) is 50.0 Å². The minimum atomic E-state index is -4.09. The number of methoxy groups -OCH3 is 1. The molecule has 0 N–H and O–H groups in total. The Bertz CT molecular complexity index is 1350. The molecule has 182 valence electrons. The summed E-state index contributed by atoms with van der Waals surface area (Å²) in [5, 5.41) is 0. The molecule has 1 heterocycles. The second-order valence-electron chi connectivity index (χ2n) is 8.65. The molecule has 0 saturated carbocycles. The average Bonchev–Trinajstić information content (AvgIpc) is 2.85. The topological polar surface area (TPSA) is 96.0 Å². The van der Waals surface area contributed by atoms with Crippen molar-refractivity contribution in [1.29, 1.82) is 0 Å². The monoisotopic (exact) mass is 606 g/mol. The van der Waals surface area contributed by atoms with E-state index in [4.69, 9.17) is 13.7 Å². The van der Waals surface area contributed by atoms with Crippen LogP contribution in [0.15, 0.2) is 70.0 Å². The van der Waals surface area contributed by atoms with Crippen molar-refractivity contribution in [1.82, 2.24) is 0 Å². The molecule has 9 heteroatoms. The van der Waals surface area contributed by atoms with Gasteiger partial charge in [-0.2, -0.15) is 8.42 Å². The molecule has 0 fully saturated rings. The Morgan fingerprint density at radius 3 is 2.09 bits per heavy atom. The van der Waals surface area contributed by atoms with Crippen LogP contribution in [0.5, 0.6) is 11.5 Å². The molecular formula is C26H23IO7S. The Hall–Kier alpha value is -2.66. The number of benzene rings is 2. The maximum absolute atomic E-state index is 13.0. The molecule has 0 radical (unpaired) electrons. The normalized spacial score (nSPS) is 18.7. The van der Waals surface area contributed by atoms with Crippen LogP contribution in [-0.4, -0.2) is 27.1 Å². The summed E-state index contributed by atoms with van der Waals surface area (Å²) >= 11 is 1.99. The van der Waals surface area contributed by atoms with Crippen molar-refractivity contribution in [2.75, 3.05) is 7.11 Å². The molecular weight excluding hydrogens is 583 g/mol. The number of hydrogen-bond donors (Lipinski definition) is 0. The van der Waals surface area contributed by atoms with E-state index in [2.05, 4.69) is 0 Å². The zero-order chi connectivity index (χ0) is 24.7. The van der Waals surface area contributed by atoms with E-state index in [1.807, 2.05) is 22.6 Å². The molecule has 2 aromatic rings. The van der Waals surface area contributed by atoms with Gasteiger partial charge in [-0.1, -0.05) is 18.2 Å². The van der Waals surface area contributed by atoms with Crippen molar-refractivity contribution < 1.29 is 31.7 Å². The summed E-state index contributed by atoms with van der Waals surface area (Å²) in [5.74, 6) is 0.914. The molecule has 0 unspecified atom stereocenters. The molecule has 0 saturated heterocycles. The van der Waals surface area contributed by atoms with Gasteiger partial charge in [0.15, 0.2) is 23.1 Å². The number of carbonyl (C=O) groups is 2. The van der Waals surface area contributed by atoms with Gasteiger partial charge in [0.1, 0.15) is 16.4 Å². The van der Waals surface area contributed by atoms with E-state index in [1.54, 1.807) is 30.3 Å². The summed E-state index contributed by atoms with van der Waals surface area (Å²) in [6.07, 6.45) is 3.53. The summed E-state index contributed by atoms with van der Waals surface area (Å²) in [6, 6.07) is 11.3. The molecule has 2 aliphatic carbocycles. The van der Waals surface area contributed by atoms with Gasteiger partial charge in [0.2, 0.25) is 0 Å². The first-order valence-corrected chi connectivity index (χ1v) is 13.9.